The van der Waals surface area contributed by atoms with E-state index in [1.54, 1.807) is 41.5 Å². The van der Waals surface area contributed by atoms with Crippen molar-refractivity contribution >= 4 is 43.8 Å². The summed E-state index contributed by atoms with van der Waals surface area (Å²) in [6.07, 6.45) is 1.31. The van der Waals surface area contributed by atoms with Gasteiger partial charge in [-0.05, 0) is 163 Å². The predicted molar refractivity (Wildman–Crippen MR) is 354 cm³/mol. The van der Waals surface area contributed by atoms with Crippen molar-refractivity contribution < 1.29 is 88.3 Å². The lowest BCUT2D eigenvalue weighted by atomic mass is 9.80. The van der Waals surface area contributed by atoms with Crippen LogP contribution in [-0.4, -0.2) is 156 Å². The van der Waals surface area contributed by atoms with Crippen molar-refractivity contribution in [1.29, 1.82) is 10.5 Å². The van der Waals surface area contributed by atoms with Crippen LogP contribution in [0.3, 0.4) is 0 Å². The van der Waals surface area contributed by atoms with Gasteiger partial charge in [-0.3, -0.25) is 18.7 Å². The third-order valence-electron chi connectivity index (χ3n) is 18.8. The standard InChI is InChI=1S/C66H122N2O19P2Si2/c1-26-74-88(71,75-27-2)47(8)58(69)73-33-32-49-34-53(85-91(24,25)61(13,14)15)37-51(78-49)36-52-38-55(81-62(16,17)80-52)40-66(44-68)42-56(83-64(20,21)87-66)41-65(43-67)39-54(82-63(18,19)86-65)35-50(84-90(22,23)60(10,11)12)31-30-46(7)57(45(5)6)79-59(70)48(9)89(72,76-28-3)77-29-4/h45-57H,26-42H2,1-25H3/t46-,47?,48?,49+,50-,51-,52-,53-,54-,55+,56+,57-,65-,66-/m0/s1. The maximum absolute atomic E-state index is 13.7. The van der Waals surface area contributed by atoms with Crippen LogP contribution in [0.5, 0.6) is 0 Å². The molecule has 25 heteroatoms. The Morgan fingerprint density at radius 3 is 1.53 bits per heavy atom. The van der Waals surface area contributed by atoms with Gasteiger partial charge in [-0.1, -0.05) is 62.3 Å². The second-order valence-electron chi connectivity index (χ2n) is 30.7. The summed E-state index contributed by atoms with van der Waals surface area (Å²) >= 11 is 0. The van der Waals surface area contributed by atoms with Crippen molar-refractivity contribution in [2.45, 2.75) is 354 Å². The van der Waals surface area contributed by atoms with Gasteiger partial charge in [-0.25, -0.2) is 0 Å². The Morgan fingerprint density at radius 2 is 1.04 bits per heavy atom. The summed E-state index contributed by atoms with van der Waals surface area (Å²) in [6, 6.07) is 5.13. The summed E-state index contributed by atoms with van der Waals surface area (Å²) in [5.74, 6) is -4.96. The van der Waals surface area contributed by atoms with Crippen molar-refractivity contribution in [1.82, 2.24) is 0 Å². The number of nitrogens with zero attached hydrogens (tertiary/aromatic N) is 2. The van der Waals surface area contributed by atoms with Crippen molar-refractivity contribution in [3.8, 4) is 12.1 Å². The number of nitriles is 2. The van der Waals surface area contributed by atoms with E-state index in [9.17, 15) is 29.2 Å². The van der Waals surface area contributed by atoms with Crippen LogP contribution in [0.1, 0.15) is 222 Å². The smallest absolute Gasteiger partial charge is 0.344 e. The molecule has 4 aliphatic rings. The fourth-order valence-electron chi connectivity index (χ4n) is 12.8. The zero-order valence-corrected chi connectivity index (χ0v) is 64.4. The van der Waals surface area contributed by atoms with Crippen LogP contribution in [0, 0.1) is 34.5 Å². The van der Waals surface area contributed by atoms with Crippen molar-refractivity contribution in [2.24, 2.45) is 11.8 Å². The first-order chi connectivity index (χ1) is 41.7. The molecule has 4 rings (SSSR count). The van der Waals surface area contributed by atoms with E-state index in [0.29, 0.717) is 51.4 Å². The summed E-state index contributed by atoms with van der Waals surface area (Å²) in [7, 11) is -12.1. The third kappa shape index (κ3) is 23.5. The van der Waals surface area contributed by atoms with Gasteiger partial charge in [0.1, 0.15) is 6.10 Å². The Kier molecular flexibility index (Phi) is 29.4. The van der Waals surface area contributed by atoms with E-state index in [4.69, 9.17) is 69.6 Å². The van der Waals surface area contributed by atoms with Gasteiger partial charge in [-0.2, -0.15) is 10.5 Å². The zero-order valence-electron chi connectivity index (χ0n) is 60.6. The zero-order chi connectivity index (χ0) is 69.2. The number of hydrogen-bond acceptors (Lipinski definition) is 21. The van der Waals surface area contributed by atoms with E-state index < -0.39 is 108 Å². The first-order valence-electron chi connectivity index (χ1n) is 33.8. The minimum Gasteiger partial charge on any atom is -0.465 e. The summed E-state index contributed by atoms with van der Waals surface area (Å²) in [5, 5.41) is 22.5. The molecule has 0 aromatic carbocycles. The van der Waals surface area contributed by atoms with Gasteiger partial charge in [0.15, 0.2) is 56.5 Å². The van der Waals surface area contributed by atoms with Crippen LogP contribution in [-0.2, 0) is 88.3 Å². The molecule has 2 unspecified atom stereocenters. The molecule has 0 bridgehead atoms. The molecule has 4 aliphatic heterocycles. The molecule has 0 amide bonds. The van der Waals surface area contributed by atoms with Crippen molar-refractivity contribution in [3.63, 3.8) is 0 Å². The monoisotopic (exact) mass is 1360 g/mol. The molecule has 21 nitrogen and oxygen atoms in total. The van der Waals surface area contributed by atoms with Crippen LogP contribution < -0.4 is 0 Å². The lowest BCUT2D eigenvalue weighted by Crippen LogP contribution is -2.58. The van der Waals surface area contributed by atoms with Gasteiger partial charge < -0.3 is 69.6 Å². The summed E-state index contributed by atoms with van der Waals surface area (Å²) in [5.41, 5.74) is -5.02. The average molecular weight is 1370 g/mol. The second kappa shape index (κ2) is 32.8. The fourth-order valence-corrected chi connectivity index (χ4v) is 18.7. The minimum atomic E-state index is -3.76. The molecular weight excluding hydrogens is 1240 g/mol. The summed E-state index contributed by atoms with van der Waals surface area (Å²) in [4.78, 5) is 26.9. The predicted octanol–water partition coefficient (Wildman–Crippen LogP) is 15.6. The Balaban J connectivity index is 1.56. The number of ether oxygens (including phenoxy) is 9. The Morgan fingerprint density at radius 1 is 0.593 bits per heavy atom. The number of rotatable bonds is 33. The average Bonchev–Trinajstić information content (AvgIpc) is 0.795. The topological polar surface area (TPSA) is 254 Å². The van der Waals surface area contributed by atoms with Crippen LogP contribution in [0.15, 0.2) is 0 Å². The number of hydrogen-bond donors (Lipinski definition) is 0. The Bertz CT molecular complexity index is 2510. The van der Waals surface area contributed by atoms with E-state index >= 15 is 0 Å². The molecule has 0 aromatic heterocycles. The molecule has 4 fully saturated rings. The van der Waals surface area contributed by atoms with Crippen LogP contribution in [0.25, 0.3) is 0 Å². The highest BCUT2D eigenvalue weighted by Gasteiger charge is 2.55. The summed E-state index contributed by atoms with van der Waals surface area (Å²) < 4.78 is 122. The fraction of sp³-hybridized carbons (Fsp3) is 0.939. The molecule has 0 aromatic rings. The quantitative estimate of drug-likeness (QED) is 0.0336. The third-order valence-corrected chi connectivity index (χ3v) is 32.7. The van der Waals surface area contributed by atoms with E-state index in [1.807, 2.05) is 41.5 Å². The van der Waals surface area contributed by atoms with Crippen LogP contribution >= 0.6 is 15.2 Å². The van der Waals surface area contributed by atoms with Gasteiger partial charge >= 0.3 is 27.1 Å². The highest BCUT2D eigenvalue weighted by molar-refractivity contribution is 7.56. The van der Waals surface area contributed by atoms with Crippen molar-refractivity contribution in [3.05, 3.63) is 0 Å². The summed E-state index contributed by atoms with van der Waals surface area (Å²) in [6.45, 7) is 49.5. The van der Waals surface area contributed by atoms with E-state index in [1.165, 1.54) is 13.8 Å². The maximum atomic E-state index is 13.7. The first-order valence-corrected chi connectivity index (χ1v) is 42.8. The molecule has 0 radical (unpaired) electrons. The molecule has 0 spiro atoms. The van der Waals surface area contributed by atoms with Crippen molar-refractivity contribution in [2.75, 3.05) is 33.0 Å². The molecule has 0 N–H and O–H groups in total. The Labute approximate surface area is 550 Å². The van der Waals surface area contributed by atoms with Gasteiger partial charge in [-0.15, -0.1) is 0 Å². The molecule has 91 heavy (non-hydrogen) atoms. The van der Waals surface area contributed by atoms with Gasteiger partial charge in [0, 0.05) is 57.2 Å². The lowest BCUT2D eigenvalue weighted by Gasteiger charge is -2.51. The minimum absolute atomic E-state index is 0.0357. The molecule has 4 heterocycles. The molecule has 0 aliphatic carbocycles. The lowest BCUT2D eigenvalue weighted by molar-refractivity contribution is -0.355. The molecule has 528 valence electrons. The normalized spacial score (nSPS) is 29.3. The molecule has 4 saturated heterocycles. The maximum Gasteiger partial charge on any atom is 0.344 e. The van der Waals surface area contributed by atoms with Gasteiger partial charge in [0.2, 0.25) is 0 Å². The highest BCUT2D eigenvalue weighted by atomic mass is 31.2. The van der Waals surface area contributed by atoms with Gasteiger partial charge in [0.25, 0.3) is 0 Å². The molecule has 14 atom stereocenters. The SMILES string of the molecule is CCOP(=O)(OCC)C(C)C(=O)OCC[C@@H]1C[C@H](O[Si](C)(C)C(C)(C)C)C[C@H](C[C@H]2C[C@H](C[C@@]3(C#N)C[C@@H](C[C@]4(C#N)C[C@H](C[C@H](CC[C@H](C)[C@@H](OC(=O)C(C)P(=O)(OCC)OCC)C(C)C)O[Si](C)(C)C(C)(C)C)OC(C)(C)O4)OC(C)(C)O3)OC(C)(C)O2)O1. The van der Waals surface area contributed by atoms with Gasteiger partial charge in [0.05, 0.1) is 81.8 Å². The largest absolute Gasteiger partial charge is 0.465 e. The number of esters is 2. The second-order valence-corrected chi connectivity index (χ2v) is 45.0. The highest BCUT2D eigenvalue weighted by Crippen LogP contribution is 2.55. The number of carbonyl (C=O) groups is 2. The van der Waals surface area contributed by atoms with E-state index in [-0.39, 0.29) is 111 Å². The first kappa shape index (κ1) is 81.7. The van der Waals surface area contributed by atoms with E-state index in [0.717, 1.165) is 0 Å². The Hall–Kier alpha value is -1.71. The molecular formula is C66H122N2O19P2Si2. The number of carbonyl (C=O) groups excluding carboxylic acids is 2. The van der Waals surface area contributed by atoms with Crippen LogP contribution in [0.2, 0.25) is 36.3 Å². The van der Waals surface area contributed by atoms with E-state index in [2.05, 4.69) is 86.8 Å². The molecule has 0 saturated carbocycles. The van der Waals surface area contributed by atoms with Crippen LogP contribution in [0.4, 0.5) is 0 Å².